The minimum atomic E-state index is -4.81. The standard InChI is InChI=1S/C24H30F3IN4O5Si/c1-35-14-19(16-5-7-18(8-6-16)37-24(25,26)27)30-23(34)31-13-21(33)32(15-36-9-10-38(2,3)4)20-11-17(28)12-29-22(20)31/h5-8,11-12,19H,9-10,13-15H2,1-4H3,(H,30,34). The average molecular weight is 667 g/mol. The summed E-state index contributed by atoms with van der Waals surface area (Å²) in [7, 11) is 0.132. The molecule has 1 aromatic heterocycles. The Hall–Kier alpha value is -2.43. The van der Waals surface area contributed by atoms with Crippen LogP contribution in [-0.4, -0.2) is 65.0 Å². The number of nitrogens with zero attached hydrogens (tertiary/aromatic N) is 3. The Morgan fingerprint density at radius 1 is 1.24 bits per heavy atom. The van der Waals surface area contributed by atoms with E-state index in [2.05, 4.69) is 57.3 Å². The number of nitrogens with one attached hydrogen (secondary N) is 1. The molecular formula is C24H30F3IN4O5Si. The Kier molecular flexibility index (Phi) is 10.00. The zero-order valence-corrected chi connectivity index (χ0v) is 24.6. The number of pyridine rings is 1. The molecule has 14 heteroatoms. The van der Waals surface area contributed by atoms with E-state index in [1.165, 1.54) is 29.0 Å². The van der Waals surface area contributed by atoms with Crippen molar-refractivity contribution in [3.05, 3.63) is 45.7 Å². The van der Waals surface area contributed by atoms with Crippen molar-refractivity contribution in [2.45, 2.75) is 38.1 Å². The first kappa shape index (κ1) is 30.1. The highest BCUT2D eigenvalue weighted by molar-refractivity contribution is 14.1. The minimum absolute atomic E-state index is 0.0387. The number of urea groups is 1. The number of anilines is 2. The zero-order valence-electron chi connectivity index (χ0n) is 21.5. The van der Waals surface area contributed by atoms with E-state index in [1.807, 2.05) is 0 Å². The first-order valence-corrected chi connectivity index (χ1v) is 16.5. The SMILES string of the molecule is COCC(NC(=O)N1CC(=O)N(COCC[Si](C)(C)C)c2cc(I)cnc21)c1ccc(OC(F)(F)F)cc1. The molecule has 2 aromatic rings. The quantitative estimate of drug-likeness (QED) is 0.215. The summed E-state index contributed by atoms with van der Waals surface area (Å²) in [5.74, 6) is -0.423. The Morgan fingerprint density at radius 3 is 2.53 bits per heavy atom. The van der Waals surface area contributed by atoms with Crippen LogP contribution < -0.4 is 19.9 Å². The van der Waals surface area contributed by atoms with Gasteiger partial charge in [-0.05, 0) is 52.4 Å². The molecule has 3 amide bonds. The molecule has 2 heterocycles. The maximum atomic E-state index is 13.3. The number of carbonyl (C=O) groups is 2. The van der Waals surface area contributed by atoms with Gasteiger partial charge in [0.05, 0.1) is 18.3 Å². The molecular weight excluding hydrogens is 636 g/mol. The molecule has 0 spiro atoms. The third-order valence-corrected chi connectivity index (χ3v) is 7.86. The van der Waals surface area contributed by atoms with Crippen molar-refractivity contribution in [1.29, 1.82) is 0 Å². The maximum absolute atomic E-state index is 13.3. The number of carbonyl (C=O) groups excluding carboxylic acids is 2. The second-order valence-corrected chi connectivity index (χ2v) is 16.7. The Morgan fingerprint density at radius 2 is 1.92 bits per heavy atom. The lowest BCUT2D eigenvalue weighted by atomic mass is 10.1. The topological polar surface area (TPSA) is 93.2 Å². The van der Waals surface area contributed by atoms with Crippen molar-refractivity contribution in [1.82, 2.24) is 10.3 Å². The summed E-state index contributed by atoms with van der Waals surface area (Å²) in [6.45, 7) is 7.07. The lowest BCUT2D eigenvalue weighted by Crippen LogP contribution is -2.53. The molecule has 1 N–H and O–H groups in total. The molecule has 0 bridgehead atoms. The van der Waals surface area contributed by atoms with E-state index >= 15 is 0 Å². The number of alkyl halides is 3. The van der Waals surface area contributed by atoms with Crippen LogP contribution in [0.3, 0.4) is 0 Å². The van der Waals surface area contributed by atoms with Crippen molar-refractivity contribution >= 4 is 54.1 Å². The molecule has 1 aliphatic heterocycles. The minimum Gasteiger partial charge on any atom is -0.406 e. The molecule has 1 aliphatic rings. The van der Waals surface area contributed by atoms with Gasteiger partial charge in [-0.1, -0.05) is 31.8 Å². The van der Waals surface area contributed by atoms with Gasteiger partial charge in [0.25, 0.3) is 0 Å². The molecule has 3 rings (SSSR count). The largest absolute Gasteiger partial charge is 0.573 e. The van der Waals surface area contributed by atoms with Gasteiger partial charge in [-0.15, -0.1) is 13.2 Å². The number of benzene rings is 1. The van der Waals surface area contributed by atoms with E-state index in [0.717, 1.165) is 21.7 Å². The normalized spacial score (nSPS) is 14.8. The van der Waals surface area contributed by atoms with Gasteiger partial charge < -0.3 is 19.5 Å². The first-order valence-electron chi connectivity index (χ1n) is 11.7. The number of ether oxygens (including phenoxy) is 3. The van der Waals surface area contributed by atoms with Gasteiger partial charge in [0.15, 0.2) is 5.82 Å². The summed E-state index contributed by atoms with van der Waals surface area (Å²) in [5, 5.41) is 2.79. The maximum Gasteiger partial charge on any atom is 0.573 e. The molecule has 9 nitrogen and oxygen atoms in total. The Bertz CT molecular complexity index is 1130. The van der Waals surface area contributed by atoms with E-state index in [9.17, 15) is 22.8 Å². The molecule has 0 fully saturated rings. The van der Waals surface area contributed by atoms with Crippen LogP contribution in [0.15, 0.2) is 36.5 Å². The molecule has 208 valence electrons. The third-order valence-electron chi connectivity index (χ3n) is 5.56. The van der Waals surface area contributed by atoms with Gasteiger partial charge in [0.2, 0.25) is 5.91 Å². The van der Waals surface area contributed by atoms with Crippen LogP contribution in [0.4, 0.5) is 29.5 Å². The fourth-order valence-corrected chi connectivity index (χ4v) is 4.81. The Labute approximate surface area is 233 Å². The van der Waals surface area contributed by atoms with Gasteiger partial charge in [-0.3, -0.25) is 14.6 Å². The molecule has 0 radical (unpaired) electrons. The van der Waals surface area contributed by atoms with Crippen LogP contribution in [-0.2, 0) is 14.3 Å². The summed E-state index contributed by atoms with van der Waals surface area (Å²) in [6, 6.07) is 6.50. The van der Waals surface area contributed by atoms with Gasteiger partial charge in [-0.25, -0.2) is 9.78 Å². The molecule has 1 atom stereocenters. The van der Waals surface area contributed by atoms with E-state index < -0.39 is 26.5 Å². The highest BCUT2D eigenvalue weighted by Gasteiger charge is 2.35. The zero-order chi connectivity index (χ0) is 28.1. The van der Waals surface area contributed by atoms with Crippen molar-refractivity contribution in [3.63, 3.8) is 0 Å². The second kappa shape index (κ2) is 12.6. The fraction of sp³-hybridized carbons (Fsp3) is 0.458. The molecule has 0 saturated heterocycles. The van der Waals surface area contributed by atoms with Gasteiger partial charge >= 0.3 is 12.4 Å². The van der Waals surface area contributed by atoms with E-state index in [4.69, 9.17) is 9.47 Å². The molecule has 1 unspecified atom stereocenters. The Balaban J connectivity index is 1.77. The van der Waals surface area contributed by atoms with Crippen molar-refractivity contribution in [2.75, 3.05) is 43.4 Å². The van der Waals surface area contributed by atoms with Crippen LogP contribution in [0.5, 0.6) is 5.75 Å². The smallest absolute Gasteiger partial charge is 0.406 e. The van der Waals surface area contributed by atoms with Crippen molar-refractivity contribution < 1.29 is 37.0 Å². The van der Waals surface area contributed by atoms with E-state index in [-0.39, 0.29) is 31.5 Å². The number of rotatable bonds is 10. The van der Waals surface area contributed by atoms with Crippen molar-refractivity contribution in [2.24, 2.45) is 0 Å². The number of amides is 3. The summed E-state index contributed by atoms with van der Waals surface area (Å²) < 4.78 is 53.2. The molecule has 0 saturated carbocycles. The monoisotopic (exact) mass is 666 g/mol. The van der Waals surface area contributed by atoms with E-state index in [1.54, 1.807) is 12.3 Å². The number of hydrogen-bond acceptors (Lipinski definition) is 6. The molecule has 1 aromatic carbocycles. The van der Waals surface area contributed by atoms with Crippen LogP contribution in [0, 0.1) is 3.57 Å². The first-order chi connectivity index (χ1) is 17.8. The van der Waals surface area contributed by atoms with Crippen LogP contribution in [0.1, 0.15) is 11.6 Å². The predicted molar refractivity (Wildman–Crippen MR) is 147 cm³/mol. The molecule has 0 aliphatic carbocycles. The number of methoxy groups -OCH3 is 1. The number of hydrogen-bond donors (Lipinski definition) is 1. The highest BCUT2D eigenvalue weighted by atomic mass is 127. The van der Waals surface area contributed by atoms with Gasteiger partial charge in [0, 0.05) is 31.6 Å². The average Bonchev–Trinajstić information content (AvgIpc) is 2.81. The van der Waals surface area contributed by atoms with E-state index in [0.29, 0.717) is 23.7 Å². The summed E-state index contributed by atoms with van der Waals surface area (Å²) in [6.07, 6.45) is -3.22. The number of aromatic nitrogens is 1. The predicted octanol–water partition coefficient (Wildman–Crippen LogP) is 5.15. The highest BCUT2D eigenvalue weighted by Crippen LogP contribution is 2.33. The fourth-order valence-electron chi connectivity index (χ4n) is 3.62. The molecule has 38 heavy (non-hydrogen) atoms. The van der Waals surface area contributed by atoms with Crippen LogP contribution in [0.2, 0.25) is 25.7 Å². The second-order valence-electron chi connectivity index (χ2n) is 9.83. The van der Waals surface area contributed by atoms with Crippen LogP contribution >= 0.6 is 22.6 Å². The summed E-state index contributed by atoms with van der Waals surface area (Å²) in [5.41, 5.74) is 0.944. The van der Waals surface area contributed by atoms with Gasteiger partial charge in [-0.2, -0.15) is 0 Å². The lowest BCUT2D eigenvalue weighted by molar-refractivity contribution is -0.274. The summed E-state index contributed by atoms with van der Waals surface area (Å²) in [4.78, 5) is 33.5. The van der Waals surface area contributed by atoms with Crippen molar-refractivity contribution in [3.8, 4) is 5.75 Å². The van der Waals surface area contributed by atoms with Crippen LogP contribution in [0.25, 0.3) is 0 Å². The number of halogens is 4. The van der Waals surface area contributed by atoms with Gasteiger partial charge in [0.1, 0.15) is 19.0 Å². The number of fused-ring (bicyclic) bond motifs is 1. The lowest BCUT2D eigenvalue weighted by Gasteiger charge is -2.35. The summed E-state index contributed by atoms with van der Waals surface area (Å²) >= 11 is 2.08. The third kappa shape index (κ3) is 8.54.